The zero-order chi connectivity index (χ0) is 13.1. The lowest BCUT2D eigenvalue weighted by Gasteiger charge is -2.05. The van der Waals surface area contributed by atoms with Gasteiger partial charge in [0.1, 0.15) is 5.82 Å². The number of aromatic nitrogens is 3. The van der Waals surface area contributed by atoms with E-state index in [0.29, 0.717) is 6.54 Å². The molecule has 0 aliphatic heterocycles. The minimum atomic E-state index is -0.697. The molecule has 0 aliphatic carbocycles. The number of pyridine rings is 1. The van der Waals surface area contributed by atoms with Gasteiger partial charge >= 0.3 is 0 Å². The fourth-order valence-corrected chi connectivity index (χ4v) is 1.75. The molecule has 0 amide bonds. The largest absolute Gasteiger partial charge is 0.363 e. The van der Waals surface area contributed by atoms with Crippen molar-refractivity contribution >= 4 is 5.82 Å². The molecule has 2 aromatic rings. The summed E-state index contributed by atoms with van der Waals surface area (Å²) in [6.45, 7) is 2.41. The van der Waals surface area contributed by atoms with E-state index in [2.05, 4.69) is 15.4 Å². The van der Waals surface area contributed by atoms with Crippen LogP contribution >= 0.6 is 0 Å². The monoisotopic (exact) mass is 252 g/mol. The molecule has 4 nitrogen and oxygen atoms in total. The smallest absolute Gasteiger partial charge is 0.168 e. The molecule has 0 aliphatic rings. The molecule has 0 atom stereocenters. The van der Waals surface area contributed by atoms with Gasteiger partial charge in [0.15, 0.2) is 11.6 Å². The van der Waals surface area contributed by atoms with E-state index >= 15 is 0 Å². The van der Waals surface area contributed by atoms with Crippen LogP contribution in [0.3, 0.4) is 0 Å². The predicted octanol–water partition coefficient (Wildman–Crippen LogP) is 2.27. The number of hydrogen-bond donors (Lipinski definition) is 1. The second kappa shape index (κ2) is 5.12. The molecule has 0 unspecified atom stereocenters. The van der Waals surface area contributed by atoms with Crippen LogP contribution in [0.15, 0.2) is 18.5 Å². The standard InChI is InChI=1S/C12H14F2N4/c1-3-11-8(7-18(2)17-11)5-15-12-10(14)4-9(13)6-16-12/h4,6-7H,3,5H2,1-2H3,(H,15,16). The Kier molecular flexibility index (Phi) is 3.55. The second-order valence-corrected chi connectivity index (χ2v) is 3.97. The molecule has 0 aromatic carbocycles. The van der Waals surface area contributed by atoms with Gasteiger partial charge in [0, 0.05) is 31.4 Å². The summed E-state index contributed by atoms with van der Waals surface area (Å²) in [6.07, 6.45) is 3.65. The molecule has 0 spiro atoms. The lowest BCUT2D eigenvalue weighted by atomic mass is 10.2. The van der Waals surface area contributed by atoms with Crippen LogP contribution < -0.4 is 5.32 Å². The Labute approximate surface area is 104 Å². The molecule has 96 valence electrons. The first-order valence-electron chi connectivity index (χ1n) is 5.66. The number of nitrogens with zero attached hydrogens (tertiary/aromatic N) is 3. The summed E-state index contributed by atoms with van der Waals surface area (Å²) in [7, 11) is 1.83. The molecule has 6 heteroatoms. The summed E-state index contributed by atoms with van der Waals surface area (Å²) in [5.41, 5.74) is 1.93. The average molecular weight is 252 g/mol. The van der Waals surface area contributed by atoms with E-state index in [1.54, 1.807) is 4.68 Å². The second-order valence-electron chi connectivity index (χ2n) is 3.97. The van der Waals surface area contributed by atoms with Gasteiger partial charge in [0.05, 0.1) is 11.9 Å². The van der Waals surface area contributed by atoms with Crippen molar-refractivity contribution in [1.82, 2.24) is 14.8 Å². The number of rotatable bonds is 4. The average Bonchev–Trinajstić information content (AvgIpc) is 2.68. The molecule has 2 heterocycles. The fraction of sp³-hybridized carbons (Fsp3) is 0.333. The van der Waals surface area contributed by atoms with Crippen molar-refractivity contribution in [3.63, 3.8) is 0 Å². The Morgan fingerprint density at radius 1 is 1.39 bits per heavy atom. The molecule has 0 saturated heterocycles. The highest BCUT2D eigenvalue weighted by Gasteiger charge is 2.08. The Balaban J connectivity index is 2.11. The van der Waals surface area contributed by atoms with Gasteiger partial charge in [-0.15, -0.1) is 0 Å². The van der Waals surface area contributed by atoms with Crippen LogP contribution in [0.2, 0.25) is 0 Å². The third-order valence-corrected chi connectivity index (χ3v) is 2.58. The number of hydrogen-bond acceptors (Lipinski definition) is 3. The molecular formula is C12H14F2N4. The van der Waals surface area contributed by atoms with E-state index in [9.17, 15) is 8.78 Å². The van der Waals surface area contributed by atoms with Gasteiger partial charge in [0.2, 0.25) is 0 Å². The highest BCUT2D eigenvalue weighted by molar-refractivity contribution is 5.37. The third-order valence-electron chi connectivity index (χ3n) is 2.58. The number of aryl methyl sites for hydroxylation is 2. The lowest BCUT2D eigenvalue weighted by Crippen LogP contribution is -2.05. The molecule has 0 radical (unpaired) electrons. The van der Waals surface area contributed by atoms with E-state index < -0.39 is 11.6 Å². The topological polar surface area (TPSA) is 42.7 Å². The third kappa shape index (κ3) is 2.64. The highest BCUT2D eigenvalue weighted by atomic mass is 19.1. The van der Waals surface area contributed by atoms with Gasteiger partial charge in [-0.3, -0.25) is 4.68 Å². The van der Waals surface area contributed by atoms with Gasteiger partial charge in [-0.25, -0.2) is 13.8 Å². The molecule has 18 heavy (non-hydrogen) atoms. The normalized spacial score (nSPS) is 10.7. The van der Waals surface area contributed by atoms with Crippen LogP contribution in [0, 0.1) is 11.6 Å². The molecule has 2 rings (SSSR count). The molecular weight excluding hydrogens is 238 g/mol. The zero-order valence-electron chi connectivity index (χ0n) is 10.2. The van der Waals surface area contributed by atoms with Crippen molar-refractivity contribution in [3.8, 4) is 0 Å². The van der Waals surface area contributed by atoms with Crippen LogP contribution in [0.25, 0.3) is 0 Å². The number of anilines is 1. The first-order valence-corrected chi connectivity index (χ1v) is 5.66. The Morgan fingerprint density at radius 2 is 2.17 bits per heavy atom. The van der Waals surface area contributed by atoms with Crippen LogP contribution in [0.1, 0.15) is 18.2 Å². The maximum atomic E-state index is 13.4. The quantitative estimate of drug-likeness (QED) is 0.907. The maximum absolute atomic E-state index is 13.4. The van der Waals surface area contributed by atoms with Crippen molar-refractivity contribution in [2.75, 3.05) is 5.32 Å². The van der Waals surface area contributed by atoms with Crippen molar-refractivity contribution in [1.29, 1.82) is 0 Å². The Morgan fingerprint density at radius 3 is 2.83 bits per heavy atom. The van der Waals surface area contributed by atoms with Gasteiger partial charge in [-0.05, 0) is 6.42 Å². The van der Waals surface area contributed by atoms with Crippen molar-refractivity contribution in [2.24, 2.45) is 7.05 Å². The molecule has 0 bridgehead atoms. The van der Waals surface area contributed by atoms with Gasteiger partial charge in [-0.1, -0.05) is 6.92 Å². The van der Waals surface area contributed by atoms with E-state index in [1.165, 1.54) is 0 Å². The number of nitrogens with one attached hydrogen (secondary N) is 1. The van der Waals surface area contributed by atoms with Crippen LogP contribution in [-0.4, -0.2) is 14.8 Å². The van der Waals surface area contributed by atoms with E-state index in [1.807, 2.05) is 20.2 Å². The summed E-state index contributed by atoms with van der Waals surface area (Å²) in [4.78, 5) is 3.67. The minimum Gasteiger partial charge on any atom is -0.363 e. The summed E-state index contributed by atoms with van der Waals surface area (Å²) >= 11 is 0. The minimum absolute atomic E-state index is 0.0438. The maximum Gasteiger partial charge on any atom is 0.168 e. The zero-order valence-corrected chi connectivity index (χ0v) is 10.2. The summed E-state index contributed by atoms with van der Waals surface area (Å²) in [6, 6.07) is 0.805. The summed E-state index contributed by atoms with van der Waals surface area (Å²) < 4.78 is 27.8. The molecule has 0 saturated carbocycles. The summed E-state index contributed by atoms with van der Waals surface area (Å²) in [5, 5.41) is 7.12. The fourth-order valence-electron chi connectivity index (χ4n) is 1.75. The van der Waals surface area contributed by atoms with Crippen LogP contribution in [0.4, 0.5) is 14.6 Å². The molecule has 0 fully saturated rings. The predicted molar refractivity (Wildman–Crippen MR) is 64.1 cm³/mol. The highest BCUT2D eigenvalue weighted by Crippen LogP contribution is 2.14. The van der Waals surface area contributed by atoms with E-state index in [4.69, 9.17) is 0 Å². The van der Waals surface area contributed by atoms with E-state index in [-0.39, 0.29) is 5.82 Å². The Hall–Kier alpha value is -1.98. The molecule has 2 aromatic heterocycles. The summed E-state index contributed by atoms with van der Waals surface area (Å²) in [5.74, 6) is -1.34. The lowest BCUT2D eigenvalue weighted by molar-refractivity contribution is 0.575. The van der Waals surface area contributed by atoms with Gasteiger partial charge < -0.3 is 5.32 Å². The van der Waals surface area contributed by atoms with Crippen molar-refractivity contribution in [3.05, 3.63) is 41.4 Å². The van der Waals surface area contributed by atoms with Crippen LogP contribution in [-0.2, 0) is 20.0 Å². The van der Waals surface area contributed by atoms with Gasteiger partial charge in [0.25, 0.3) is 0 Å². The van der Waals surface area contributed by atoms with Crippen molar-refractivity contribution < 1.29 is 8.78 Å². The van der Waals surface area contributed by atoms with Gasteiger partial charge in [-0.2, -0.15) is 5.10 Å². The number of halogens is 2. The van der Waals surface area contributed by atoms with Crippen molar-refractivity contribution in [2.45, 2.75) is 19.9 Å². The van der Waals surface area contributed by atoms with Crippen LogP contribution in [0.5, 0.6) is 0 Å². The first kappa shape index (κ1) is 12.5. The first-order chi connectivity index (χ1) is 8.60. The van der Waals surface area contributed by atoms with E-state index in [0.717, 1.165) is 29.9 Å². The SMILES string of the molecule is CCc1nn(C)cc1CNc1ncc(F)cc1F. The Bertz CT molecular complexity index is 551. The molecule has 1 N–H and O–H groups in total.